The lowest BCUT2D eigenvalue weighted by molar-refractivity contribution is -0.365. The molecule has 0 radical (unpaired) electrons. The van der Waals surface area contributed by atoms with Gasteiger partial charge in [-0.15, -0.1) is 0 Å². The van der Waals surface area contributed by atoms with Gasteiger partial charge in [-0.25, -0.2) is 4.79 Å². The first-order valence-electron chi connectivity index (χ1n) is 28.0. The van der Waals surface area contributed by atoms with E-state index in [0.717, 1.165) is 28.9 Å². The van der Waals surface area contributed by atoms with Gasteiger partial charge in [-0.1, -0.05) is 31.2 Å². The number of phenols is 2. The molecule has 9 aliphatic rings. The Morgan fingerprint density at radius 1 is 0.976 bits per heavy atom. The lowest BCUT2D eigenvalue weighted by Crippen LogP contribution is -2.86. The molecule has 3 aromatic carbocycles. The van der Waals surface area contributed by atoms with E-state index in [1.54, 1.807) is 18.2 Å². The van der Waals surface area contributed by atoms with Crippen LogP contribution in [0.1, 0.15) is 68.2 Å². The maximum absolute atomic E-state index is 14.3. The Labute approximate surface area is 473 Å². The second-order valence-electron chi connectivity index (χ2n) is 23.8. The number of allylic oxidation sites excluding steroid dienone is 6. The van der Waals surface area contributed by atoms with Gasteiger partial charge < -0.3 is 96.4 Å². The van der Waals surface area contributed by atoms with E-state index in [-0.39, 0.29) is 47.3 Å². The van der Waals surface area contributed by atoms with Crippen LogP contribution < -0.4 is 47.1 Å². The average molecular weight is 1140 g/mol. The first-order valence-corrected chi connectivity index (χ1v) is 28.0. The number of hydrogen-bond acceptors (Lipinski definition) is 20. The number of aliphatic carboxylic acids is 1. The van der Waals surface area contributed by atoms with Gasteiger partial charge in [0.05, 0.1) is 6.61 Å². The van der Waals surface area contributed by atoms with Crippen LogP contribution in [0.5, 0.6) is 28.7 Å². The minimum Gasteiger partial charge on any atom is -0.508 e. The van der Waals surface area contributed by atoms with E-state index in [1.807, 2.05) is 6.92 Å². The number of hydrogen-bond donors (Lipinski definition) is 15. The van der Waals surface area contributed by atoms with E-state index in [9.17, 15) is 55.5 Å². The van der Waals surface area contributed by atoms with Gasteiger partial charge in [-0.3, -0.25) is 10.1 Å². The number of aromatic hydroxyl groups is 2. The van der Waals surface area contributed by atoms with Crippen LogP contribution in [0, 0.1) is 27.6 Å². The summed E-state index contributed by atoms with van der Waals surface area (Å²) >= 11 is 0. The second-order valence-corrected chi connectivity index (χ2v) is 23.8. The number of anilines is 1. The molecule has 0 amide bonds. The quantitative estimate of drug-likeness (QED) is 0.0561. The molecule has 14 rings (SSSR count). The molecule has 1 spiro atoms. The first-order chi connectivity index (χ1) is 39.8. The van der Waals surface area contributed by atoms with Crippen molar-refractivity contribution in [3.63, 3.8) is 0 Å². The zero-order chi connectivity index (χ0) is 57.9. The molecule has 2 saturated carbocycles. The van der Waals surface area contributed by atoms with Crippen molar-refractivity contribution in [1.82, 2.24) is 20.9 Å². The van der Waals surface area contributed by atoms with Crippen LogP contribution >= 0.6 is 0 Å². The molecule has 83 heavy (non-hydrogen) atoms. The molecule has 434 valence electrons. The summed E-state index contributed by atoms with van der Waals surface area (Å²) in [5.41, 5.74) is 6.55. The van der Waals surface area contributed by atoms with E-state index in [2.05, 4.69) is 45.2 Å². The highest BCUT2D eigenvalue weighted by atomic mass is 16.7. The van der Waals surface area contributed by atoms with Crippen molar-refractivity contribution in [2.24, 2.45) is 33.3 Å². The standard InChI is InChI=1S/C61H64N6O16/c1-2-28-17-31(19-33(69)18-28)53(75)82-49-40(21-39-45(48(49)72)37(70)20-38(80-39)29-3-5-34(6-4-29)79-41(26-68)47(71)36-7-8-44(62)67-36)81-55-59(77)23-42-58(43-25-64-27-66-43,61(78,54(59)76)50(83-55)52(73)74)22-32-10-13-56-12-9-30-24-65-51(63)35-11-14-57(32,16-15-56)60(42,56)46(30)35/h3-8,10-11,13-14,17-21,23,32,41,43,47,50,53-55,64-69,71-72,75-78H,2,9,12,15-16,22,24-27,62-63H2,1H3,(H,73,74). The summed E-state index contributed by atoms with van der Waals surface area (Å²) in [6, 6.07) is 15.0. The predicted octanol–water partition coefficient (Wildman–Crippen LogP) is 3.12. The summed E-state index contributed by atoms with van der Waals surface area (Å²) in [4.78, 5) is 31.4. The molecule has 2 aromatic heterocycles. The van der Waals surface area contributed by atoms with Crippen LogP contribution in [0.3, 0.4) is 0 Å². The molecule has 4 fully saturated rings. The van der Waals surface area contributed by atoms with Crippen LogP contribution in [0.4, 0.5) is 5.82 Å². The Kier molecular flexibility index (Phi) is 11.9. The van der Waals surface area contributed by atoms with Crippen molar-refractivity contribution >= 4 is 22.8 Å². The third kappa shape index (κ3) is 7.03. The Morgan fingerprint density at radius 3 is 2.51 bits per heavy atom. The minimum atomic E-state index is -2.83. The number of carboxylic acids is 1. The molecular formula is C61H64N6O16. The number of aromatic nitrogens is 1. The summed E-state index contributed by atoms with van der Waals surface area (Å²) in [5, 5.41) is 118. The molecule has 6 bridgehead atoms. The molecule has 2 saturated heterocycles. The highest BCUT2D eigenvalue weighted by Gasteiger charge is 2.87. The molecule has 22 nitrogen and oxygen atoms in total. The summed E-state index contributed by atoms with van der Waals surface area (Å²) < 4.78 is 31.5. The van der Waals surface area contributed by atoms with Gasteiger partial charge in [0, 0.05) is 82.0 Å². The fraction of sp³-hybridized carbons (Fsp3) is 0.410. The number of nitrogens with two attached hydrogens (primary N) is 2. The molecule has 5 aromatic rings. The topological polar surface area (TPSA) is 370 Å². The number of dihydropyridines is 1. The number of benzene rings is 3. The fourth-order valence-electron chi connectivity index (χ4n) is 16.6. The molecule has 14 unspecified atom stereocenters. The lowest BCUT2D eigenvalue weighted by atomic mass is 9.29. The SMILES string of the molecule is CCc1cc(O)cc(C(O)Oc2c(OC3OC(C(=O)O)C4(O)C(O)C3(O)C=C3C4(C4CNCN4)CC4C=CC56CCC7=C8C(=C(N)NC7)C=CC4(CC5)C386)cc3oc(-c4ccc(OC(CO)C(O)c5ccc(N)[nH]5)cc4)cc(=O)c3c2O)c1. The van der Waals surface area contributed by atoms with Gasteiger partial charge >= 0.3 is 5.97 Å². The van der Waals surface area contributed by atoms with Crippen LogP contribution in [0.2, 0.25) is 0 Å². The van der Waals surface area contributed by atoms with Crippen LogP contribution in [-0.4, -0.2) is 125 Å². The maximum atomic E-state index is 14.3. The van der Waals surface area contributed by atoms with Crippen molar-refractivity contribution in [3.05, 3.63) is 152 Å². The zero-order valence-corrected chi connectivity index (χ0v) is 45.0. The molecule has 3 aliphatic heterocycles. The van der Waals surface area contributed by atoms with Crippen LogP contribution in [0.25, 0.3) is 22.3 Å². The number of aromatic amines is 1. The average Bonchev–Trinajstić information content (AvgIpc) is 1.61. The van der Waals surface area contributed by atoms with E-state index in [4.69, 9.17) is 34.8 Å². The van der Waals surface area contributed by atoms with Crippen molar-refractivity contribution in [1.29, 1.82) is 0 Å². The highest BCUT2D eigenvalue weighted by Crippen LogP contribution is 2.87. The number of aryl methyl sites for hydroxylation is 1. The number of phenolic OH excluding ortho intramolecular Hbond substituents is 2. The van der Waals surface area contributed by atoms with Crippen molar-refractivity contribution in [2.45, 2.75) is 99.7 Å². The monoisotopic (exact) mass is 1140 g/mol. The van der Waals surface area contributed by atoms with Gasteiger partial charge in [0.15, 0.2) is 34.7 Å². The van der Waals surface area contributed by atoms with E-state index in [1.165, 1.54) is 42.5 Å². The number of fused-ring (bicyclic) bond motifs is 5. The molecule has 17 N–H and O–H groups in total. The molecule has 14 atom stereocenters. The summed E-state index contributed by atoms with van der Waals surface area (Å²) in [7, 11) is 0. The number of nitrogens with one attached hydrogen (secondary N) is 4. The van der Waals surface area contributed by atoms with E-state index < -0.39 is 117 Å². The summed E-state index contributed by atoms with van der Waals surface area (Å²) in [6.45, 7) is 2.25. The van der Waals surface area contributed by atoms with Crippen molar-refractivity contribution in [2.75, 3.05) is 32.1 Å². The van der Waals surface area contributed by atoms with Gasteiger partial charge in [-0.2, -0.15) is 0 Å². The number of aliphatic hydroxyl groups is 6. The Hall–Kier alpha value is -7.64. The molecule has 5 heterocycles. The molecule has 6 aliphatic carbocycles. The Balaban J connectivity index is 0.935. The third-order valence-electron chi connectivity index (χ3n) is 20.1. The van der Waals surface area contributed by atoms with Gasteiger partial charge in [0.25, 0.3) is 0 Å². The summed E-state index contributed by atoms with van der Waals surface area (Å²) in [6.07, 6.45) is 2.43. The highest BCUT2D eigenvalue weighted by molar-refractivity contribution is 5.90. The van der Waals surface area contributed by atoms with Crippen molar-refractivity contribution < 1.29 is 74.1 Å². The largest absolute Gasteiger partial charge is 0.508 e. The van der Waals surface area contributed by atoms with Crippen LogP contribution in [-0.2, 0) is 16.0 Å². The number of carboxylic acid groups (broad SMARTS) is 1. The molecule has 22 heteroatoms. The zero-order valence-electron chi connectivity index (χ0n) is 45.0. The minimum absolute atomic E-state index is 0.0238. The van der Waals surface area contributed by atoms with Gasteiger partial charge in [0.1, 0.15) is 57.7 Å². The second kappa shape index (κ2) is 18.4. The number of ether oxygens (including phenoxy) is 4. The fourth-order valence-corrected chi connectivity index (χ4v) is 16.6. The number of nitrogen functional groups attached to an aromatic ring is 1. The number of aliphatic hydroxyl groups excluding tert-OH is 4. The Morgan fingerprint density at radius 2 is 1.78 bits per heavy atom. The van der Waals surface area contributed by atoms with E-state index >= 15 is 0 Å². The number of carbonyl (C=O) groups is 1. The van der Waals surface area contributed by atoms with Gasteiger partial charge in [0.2, 0.25) is 18.3 Å². The summed E-state index contributed by atoms with van der Waals surface area (Å²) in [5.74, 6) is -3.46. The maximum Gasteiger partial charge on any atom is 0.336 e. The van der Waals surface area contributed by atoms with Crippen molar-refractivity contribution in [3.8, 4) is 40.1 Å². The molecular weight excluding hydrogens is 1070 g/mol. The van der Waals surface area contributed by atoms with Crippen LogP contribution in [0.15, 0.2) is 134 Å². The number of rotatable bonds is 14. The predicted molar refractivity (Wildman–Crippen MR) is 296 cm³/mol. The lowest BCUT2D eigenvalue weighted by Gasteiger charge is -2.76. The van der Waals surface area contributed by atoms with E-state index in [0.29, 0.717) is 79.4 Å². The normalized spacial score (nSPS) is 34.3. The first kappa shape index (κ1) is 53.4. The Bertz CT molecular complexity index is 3790. The third-order valence-corrected chi connectivity index (χ3v) is 20.1. The van der Waals surface area contributed by atoms with Gasteiger partial charge in [-0.05, 0) is 127 Å². The number of H-pyrrole nitrogens is 1. The smallest absolute Gasteiger partial charge is 0.336 e.